The molecule has 0 saturated heterocycles. The van der Waals surface area contributed by atoms with Crippen molar-refractivity contribution in [2.75, 3.05) is 7.11 Å². The zero-order valence-corrected chi connectivity index (χ0v) is 6.99. The second kappa shape index (κ2) is 4.11. The van der Waals surface area contributed by atoms with Gasteiger partial charge in [0.2, 0.25) is 0 Å². The molecule has 68 valence electrons. The minimum atomic E-state index is -0.373. The molecule has 1 rings (SSSR count). The van der Waals surface area contributed by atoms with Crippen LogP contribution in [0.2, 0.25) is 0 Å². The summed E-state index contributed by atoms with van der Waals surface area (Å²) in [5.74, 6) is -0.373. The summed E-state index contributed by atoms with van der Waals surface area (Å²) >= 11 is 0. The highest BCUT2D eigenvalue weighted by molar-refractivity contribution is 5.81. The minimum absolute atomic E-state index is 0.172. The predicted octanol–water partition coefficient (Wildman–Crippen LogP) is -0.214. The molecule has 0 atom stereocenters. The number of ether oxygens (including phenoxy) is 1. The van der Waals surface area contributed by atoms with Crippen molar-refractivity contribution in [1.29, 1.82) is 0 Å². The summed E-state index contributed by atoms with van der Waals surface area (Å²) in [4.78, 5) is 10.6. The van der Waals surface area contributed by atoms with Crippen LogP contribution in [0.25, 0.3) is 0 Å². The van der Waals surface area contributed by atoms with Crippen LogP contribution in [0.3, 0.4) is 0 Å². The first-order valence-corrected chi connectivity index (χ1v) is 3.91. The standard InChI is InChI=1S/C8H13NO3/c1-12-8(11)2-3-9-6-4-7(10)5-6/h2-3,6-7,9-10H,4-5H2,1H3/b3-2+. The molecule has 12 heavy (non-hydrogen) atoms. The van der Waals surface area contributed by atoms with Gasteiger partial charge in [0.05, 0.1) is 13.2 Å². The van der Waals surface area contributed by atoms with Crippen molar-refractivity contribution in [3.63, 3.8) is 0 Å². The van der Waals surface area contributed by atoms with Crippen LogP contribution in [0.1, 0.15) is 12.8 Å². The van der Waals surface area contributed by atoms with Crippen molar-refractivity contribution in [1.82, 2.24) is 5.32 Å². The Bertz CT molecular complexity index is 185. The van der Waals surface area contributed by atoms with Gasteiger partial charge >= 0.3 is 5.97 Å². The average molecular weight is 171 g/mol. The summed E-state index contributed by atoms with van der Waals surface area (Å²) < 4.78 is 4.39. The van der Waals surface area contributed by atoms with Gasteiger partial charge in [-0.15, -0.1) is 0 Å². The fraction of sp³-hybridized carbons (Fsp3) is 0.625. The van der Waals surface area contributed by atoms with E-state index in [9.17, 15) is 4.79 Å². The highest BCUT2D eigenvalue weighted by atomic mass is 16.5. The Kier molecular flexibility index (Phi) is 3.10. The van der Waals surface area contributed by atoms with Gasteiger partial charge in [0, 0.05) is 18.3 Å². The van der Waals surface area contributed by atoms with Gasteiger partial charge in [-0.3, -0.25) is 0 Å². The highest BCUT2D eigenvalue weighted by Gasteiger charge is 2.25. The number of esters is 1. The van der Waals surface area contributed by atoms with E-state index in [4.69, 9.17) is 5.11 Å². The Morgan fingerprint density at radius 3 is 2.83 bits per heavy atom. The SMILES string of the molecule is COC(=O)/C=C/NC1CC(O)C1. The molecule has 1 fully saturated rings. The maximum atomic E-state index is 10.6. The third-order valence-corrected chi connectivity index (χ3v) is 1.87. The van der Waals surface area contributed by atoms with E-state index in [1.165, 1.54) is 13.2 Å². The monoisotopic (exact) mass is 171 g/mol. The number of aliphatic hydroxyl groups excluding tert-OH is 1. The van der Waals surface area contributed by atoms with E-state index in [1.54, 1.807) is 6.20 Å². The summed E-state index contributed by atoms with van der Waals surface area (Å²) in [5.41, 5.74) is 0. The Labute approximate surface area is 71.2 Å². The lowest BCUT2D eigenvalue weighted by Crippen LogP contribution is -2.41. The van der Waals surface area contributed by atoms with Gasteiger partial charge in [0.15, 0.2) is 0 Å². The van der Waals surface area contributed by atoms with E-state index in [2.05, 4.69) is 10.1 Å². The Morgan fingerprint density at radius 1 is 1.67 bits per heavy atom. The molecule has 0 aliphatic heterocycles. The summed E-state index contributed by atoms with van der Waals surface area (Å²) in [7, 11) is 1.33. The van der Waals surface area contributed by atoms with Gasteiger partial charge < -0.3 is 15.2 Å². The second-order valence-electron chi connectivity index (χ2n) is 2.85. The van der Waals surface area contributed by atoms with E-state index < -0.39 is 0 Å². The maximum Gasteiger partial charge on any atom is 0.331 e. The smallest absolute Gasteiger partial charge is 0.331 e. The fourth-order valence-corrected chi connectivity index (χ4v) is 1.04. The van der Waals surface area contributed by atoms with Gasteiger partial charge in [-0.1, -0.05) is 0 Å². The predicted molar refractivity (Wildman–Crippen MR) is 43.3 cm³/mol. The number of carbonyl (C=O) groups excluding carboxylic acids is 1. The molecule has 0 spiro atoms. The van der Waals surface area contributed by atoms with Crippen molar-refractivity contribution in [2.24, 2.45) is 0 Å². The lowest BCUT2D eigenvalue weighted by molar-refractivity contribution is -0.134. The Balaban J connectivity index is 2.09. The summed E-state index contributed by atoms with van der Waals surface area (Å²) in [5, 5.41) is 11.9. The molecule has 1 aliphatic carbocycles. The molecule has 0 aromatic carbocycles. The molecule has 4 heteroatoms. The third kappa shape index (κ3) is 2.54. The van der Waals surface area contributed by atoms with Gasteiger partial charge in [0.1, 0.15) is 0 Å². The molecule has 4 nitrogen and oxygen atoms in total. The molecule has 0 unspecified atom stereocenters. The largest absolute Gasteiger partial charge is 0.466 e. The van der Waals surface area contributed by atoms with Crippen LogP contribution in [0.4, 0.5) is 0 Å². The van der Waals surface area contributed by atoms with Crippen LogP contribution in [0, 0.1) is 0 Å². The second-order valence-corrected chi connectivity index (χ2v) is 2.85. The molecule has 0 amide bonds. The Morgan fingerprint density at radius 2 is 2.33 bits per heavy atom. The summed E-state index contributed by atoms with van der Waals surface area (Å²) in [6.45, 7) is 0. The van der Waals surface area contributed by atoms with Gasteiger partial charge in [-0.05, 0) is 12.8 Å². The zero-order chi connectivity index (χ0) is 8.97. The van der Waals surface area contributed by atoms with Crippen molar-refractivity contribution < 1.29 is 14.6 Å². The van der Waals surface area contributed by atoms with Crippen molar-refractivity contribution in [3.05, 3.63) is 12.3 Å². The number of carbonyl (C=O) groups is 1. The molecule has 0 bridgehead atoms. The first-order chi connectivity index (χ1) is 5.72. The highest BCUT2D eigenvalue weighted by Crippen LogP contribution is 2.18. The number of hydrogen-bond donors (Lipinski definition) is 2. The quantitative estimate of drug-likeness (QED) is 0.455. The van der Waals surface area contributed by atoms with Gasteiger partial charge in [-0.25, -0.2) is 4.79 Å². The molecule has 0 heterocycles. The normalized spacial score (nSPS) is 28.2. The summed E-state index contributed by atoms with van der Waals surface area (Å²) in [6.07, 6.45) is 4.22. The molecule has 0 aromatic heterocycles. The van der Waals surface area contributed by atoms with Crippen LogP contribution in [-0.2, 0) is 9.53 Å². The molecule has 1 saturated carbocycles. The summed E-state index contributed by atoms with van der Waals surface area (Å²) in [6, 6.07) is 0.306. The first-order valence-electron chi connectivity index (χ1n) is 3.91. The number of rotatable bonds is 3. The lowest BCUT2D eigenvalue weighted by atomic mass is 9.90. The molecule has 0 radical (unpaired) electrons. The topological polar surface area (TPSA) is 58.6 Å². The van der Waals surface area contributed by atoms with E-state index in [0.717, 1.165) is 12.8 Å². The first kappa shape index (κ1) is 9.06. The Hall–Kier alpha value is -1.03. The fourth-order valence-electron chi connectivity index (χ4n) is 1.04. The van der Waals surface area contributed by atoms with Crippen LogP contribution >= 0.6 is 0 Å². The zero-order valence-electron chi connectivity index (χ0n) is 6.99. The van der Waals surface area contributed by atoms with E-state index in [1.807, 2.05) is 0 Å². The van der Waals surface area contributed by atoms with Crippen LogP contribution in [0.15, 0.2) is 12.3 Å². The van der Waals surface area contributed by atoms with Crippen LogP contribution < -0.4 is 5.32 Å². The number of nitrogens with one attached hydrogen (secondary N) is 1. The third-order valence-electron chi connectivity index (χ3n) is 1.87. The van der Waals surface area contributed by atoms with E-state index in [-0.39, 0.29) is 12.1 Å². The molecule has 2 N–H and O–H groups in total. The minimum Gasteiger partial charge on any atom is -0.466 e. The molecule has 0 aromatic rings. The number of methoxy groups -OCH3 is 1. The van der Waals surface area contributed by atoms with Crippen LogP contribution in [0.5, 0.6) is 0 Å². The van der Waals surface area contributed by atoms with E-state index >= 15 is 0 Å². The number of aliphatic hydroxyl groups is 1. The van der Waals surface area contributed by atoms with Crippen molar-refractivity contribution in [2.45, 2.75) is 25.0 Å². The van der Waals surface area contributed by atoms with Crippen LogP contribution in [-0.4, -0.2) is 30.3 Å². The lowest BCUT2D eigenvalue weighted by Gasteiger charge is -2.31. The molecular weight excluding hydrogens is 158 g/mol. The maximum absolute atomic E-state index is 10.6. The number of hydrogen-bond acceptors (Lipinski definition) is 4. The van der Waals surface area contributed by atoms with Crippen molar-refractivity contribution in [3.8, 4) is 0 Å². The van der Waals surface area contributed by atoms with E-state index in [0.29, 0.717) is 6.04 Å². The van der Waals surface area contributed by atoms with Gasteiger partial charge in [-0.2, -0.15) is 0 Å². The molecule has 1 aliphatic rings. The van der Waals surface area contributed by atoms with Gasteiger partial charge in [0.25, 0.3) is 0 Å². The average Bonchev–Trinajstić information content (AvgIpc) is 2.01. The van der Waals surface area contributed by atoms with Crippen molar-refractivity contribution >= 4 is 5.97 Å². The molecular formula is C8H13NO3.